The number of nitrogens with zero attached hydrogens (tertiary/aromatic N) is 2. The molecule has 2 N–H and O–H groups in total. The highest BCUT2D eigenvalue weighted by molar-refractivity contribution is 4.92. The molecule has 4 nitrogen and oxygen atoms in total. The molecule has 1 atom stereocenters. The zero-order valence-electron chi connectivity index (χ0n) is 8.94. The fourth-order valence-corrected chi connectivity index (χ4v) is 1.26. The molecule has 0 fully saturated rings. The van der Waals surface area contributed by atoms with Gasteiger partial charge in [0.15, 0.2) is 0 Å². The van der Waals surface area contributed by atoms with E-state index in [0.717, 1.165) is 5.82 Å². The molecule has 0 amide bonds. The van der Waals surface area contributed by atoms with Gasteiger partial charge in [-0.2, -0.15) is 0 Å². The van der Waals surface area contributed by atoms with Crippen LogP contribution in [0.4, 0.5) is 0 Å². The fraction of sp³-hybridized carbons (Fsp3) is 0.700. The van der Waals surface area contributed by atoms with E-state index in [1.54, 1.807) is 20.0 Å². The number of hydrogen-bond donors (Lipinski definition) is 2. The first-order chi connectivity index (χ1) is 6.41. The third kappa shape index (κ3) is 2.82. The zero-order valence-corrected chi connectivity index (χ0v) is 8.94. The van der Waals surface area contributed by atoms with Gasteiger partial charge in [0.25, 0.3) is 0 Å². The number of aryl methyl sites for hydroxylation is 2. The van der Waals surface area contributed by atoms with Crippen LogP contribution in [0.3, 0.4) is 0 Å². The molecule has 0 aliphatic carbocycles. The van der Waals surface area contributed by atoms with Gasteiger partial charge in [-0.3, -0.25) is 0 Å². The first kappa shape index (κ1) is 11.2. The van der Waals surface area contributed by atoms with E-state index in [1.807, 2.05) is 17.8 Å². The van der Waals surface area contributed by atoms with Crippen LogP contribution in [0.25, 0.3) is 0 Å². The van der Waals surface area contributed by atoms with Crippen molar-refractivity contribution in [3.63, 3.8) is 0 Å². The molecule has 0 aliphatic rings. The minimum absolute atomic E-state index is 0.522. The molecule has 80 valence electrons. The smallest absolute Gasteiger partial charge is 0.108 e. The van der Waals surface area contributed by atoms with E-state index in [1.165, 1.54) is 0 Å². The highest BCUT2D eigenvalue weighted by atomic mass is 16.3. The lowest BCUT2D eigenvalue weighted by Crippen LogP contribution is -2.36. The molecule has 0 radical (unpaired) electrons. The van der Waals surface area contributed by atoms with Gasteiger partial charge in [-0.1, -0.05) is 0 Å². The van der Waals surface area contributed by atoms with E-state index in [0.29, 0.717) is 12.8 Å². The van der Waals surface area contributed by atoms with Crippen LogP contribution in [0.5, 0.6) is 0 Å². The van der Waals surface area contributed by atoms with Gasteiger partial charge in [-0.15, -0.1) is 0 Å². The van der Waals surface area contributed by atoms with E-state index >= 15 is 0 Å². The van der Waals surface area contributed by atoms with Crippen LogP contribution < -0.4 is 0 Å². The molecule has 0 saturated heterocycles. The molecule has 1 heterocycles. The molecular formula is C10H18N2O2. The van der Waals surface area contributed by atoms with E-state index in [9.17, 15) is 10.2 Å². The Morgan fingerprint density at radius 1 is 1.57 bits per heavy atom. The summed E-state index contributed by atoms with van der Waals surface area (Å²) in [5.74, 6) is 0.924. The lowest BCUT2D eigenvalue weighted by molar-refractivity contribution is -0.0512. The minimum atomic E-state index is -1.04. The van der Waals surface area contributed by atoms with Crippen LogP contribution in [0.1, 0.15) is 26.1 Å². The van der Waals surface area contributed by atoms with E-state index in [2.05, 4.69) is 4.98 Å². The number of hydrogen-bond acceptors (Lipinski definition) is 3. The van der Waals surface area contributed by atoms with E-state index < -0.39 is 11.7 Å². The molecule has 1 aromatic heterocycles. The summed E-state index contributed by atoms with van der Waals surface area (Å²) in [6.45, 7) is 3.21. The third-order valence-electron chi connectivity index (χ3n) is 2.38. The first-order valence-electron chi connectivity index (χ1n) is 4.78. The Morgan fingerprint density at radius 3 is 2.64 bits per heavy atom. The molecule has 0 spiro atoms. The quantitative estimate of drug-likeness (QED) is 0.740. The average molecular weight is 198 g/mol. The van der Waals surface area contributed by atoms with Crippen LogP contribution in [0, 0.1) is 0 Å². The van der Waals surface area contributed by atoms with Gasteiger partial charge in [0, 0.05) is 25.9 Å². The molecule has 1 rings (SSSR count). The number of aliphatic hydroxyl groups excluding tert-OH is 1. The SMILES string of the molecule is Cn1ccnc1CCC(O)C(C)(C)O. The standard InChI is InChI=1S/C10H18N2O2/c1-10(2,14)8(13)4-5-9-11-6-7-12(9)3/h6-8,13-14H,4-5H2,1-3H3. The van der Waals surface area contributed by atoms with Gasteiger partial charge in [-0.25, -0.2) is 4.98 Å². The summed E-state index contributed by atoms with van der Waals surface area (Å²) in [6, 6.07) is 0. The van der Waals surface area contributed by atoms with E-state index in [4.69, 9.17) is 0 Å². The Balaban J connectivity index is 2.46. The molecule has 4 heteroatoms. The van der Waals surface area contributed by atoms with Crippen LogP contribution in [-0.2, 0) is 13.5 Å². The predicted molar refractivity (Wildman–Crippen MR) is 53.8 cm³/mol. The van der Waals surface area contributed by atoms with Crippen molar-refractivity contribution in [2.24, 2.45) is 7.05 Å². The van der Waals surface area contributed by atoms with Crippen LogP contribution in [-0.4, -0.2) is 31.5 Å². The normalized spacial score (nSPS) is 14.4. The Labute approximate surface area is 84.2 Å². The maximum absolute atomic E-state index is 9.59. The number of aliphatic hydroxyl groups is 2. The largest absolute Gasteiger partial charge is 0.390 e. The number of imidazole rings is 1. The summed E-state index contributed by atoms with van der Waals surface area (Å²) in [7, 11) is 1.92. The van der Waals surface area contributed by atoms with Crippen molar-refractivity contribution in [1.29, 1.82) is 0 Å². The van der Waals surface area contributed by atoms with E-state index in [-0.39, 0.29) is 0 Å². The summed E-state index contributed by atoms with van der Waals surface area (Å²) >= 11 is 0. The summed E-state index contributed by atoms with van der Waals surface area (Å²) in [5.41, 5.74) is -1.04. The van der Waals surface area contributed by atoms with Crippen molar-refractivity contribution in [1.82, 2.24) is 9.55 Å². The Hall–Kier alpha value is -0.870. The summed E-state index contributed by atoms with van der Waals surface area (Å²) in [5, 5.41) is 19.1. The van der Waals surface area contributed by atoms with Crippen molar-refractivity contribution < 1.29 is 10.2 Å². The molecule has 0 aliphatic heterocycles. The average Bonchev–Trinajstić information content (AvgIpc) is 2.45. The van der Waals surface area contributed by atoms with Gasteiger partial charge < -0.3 is 14.8 Å². The maximum Gasteiger partial charge on any atom is 0.108 e. The lowest BCUT2D eigenvalue weighted by atomic mass is 9.98. The highest BCUT2D eigenvalue weighted by Gasteiger charge is 2.24. The minimum Gasteiger partial charge on any atom is -0.390 e. The van der Waals surface area contributed by atoms with Crippen LogP contribution in [0.15, 0.2) is 12.4 Å². The van der Waals surface area contributed by atoms with Gasteiger partial charge in [0.2, 0.25) is 0 Å². The molecule has 0 saturated carbocycles. The number of aromatic nitrogens is 2. The Morgan fingerprint density at radius 2 is 2.21 bits per heavy atom. The molecule has 14 heavy (non-hydrogen) atoms. The van der Waals surface area contributed by atoms with Crippen LogP contribution in [0.2, 0.25) is 0 Å². The van der Waals surface area contributed by atoms with Gasteiger partial charge >= 0.3 is 0 Å². The Bertz CT molecular complexity index is 289. The Kier molecular flexibility index (Phi) is 3.29. The lowest BCUT2D eigenvalue weighted by Gasteiger charge is -2.24. The molecule has 1 aromatic rings. The second-order valence-electron chi connectivity index (χ2n) is 4.16. The monoisotopic (exact) mass is 198 g/mol. The zero-order chi connectivity index (χ0) is 10.8. The van der Waals surface area contributed by atoms with Gasteiger partial charge in [-0.05, 0) is 20.3 Å². The summed E-state index contributed by atoms with van der Waals surface area (Å²) < 4.78 is 1.91. The summed E-state index contributed by atoms with van der Waals surface area (Å²) in [6.07, 6.45) is 4.08. The highest BCUT2D eigenvalue weighted by Crippen LogP contribution is 2.13. The van der Waals surface area contributed by atoms with Crippen molar-refractivity contribution in [3.05, 3.63) is 18.2 Å². The third-order valence-corrected chi connectivity index (χ3v) is 2.38. The van der Waals surface area contributed by atoms with Gasteiger partial charge in [0.05, 0.1) is 11.7 Å². The van der Waals surface area contributed by atoms with Crippen molar-refractivity contribution in [2.45, 2.75) is 38.4 Å². The molecule has 1 unspecified atom stereocenters. The summed E-state index contributed by atoms with van der Waals surface area (Å²) in [4.78, 5) is 4.14. The topological polar surface area (TPSA) is 58.3 Å². The second kappa shape index (κ2) is 4.11. The van der Waals surface area contributed by atoms with Crippen molar-refractivity contribution in [3.8, 4) is 0 Å². The van der Waals surface area contributed by atoms with Crippen molar-refractivity contribution >= 4 is 0 Å². The molecule has 0 bridgehead atoms. The molecule has 0 aromatic carbocycles. The van der Waals surface area contributed by atoms with Crippen molar-refractivity contribution in [2.75, 3.05) is 0 Å². The first-order valence-corrected chi connectivity index (χ1v) is 4.78. The van der Waals surface area contributed by atoms with Gasteiger partial charge in [0.1, 0.15) is 5.82 Å². The maximum atomic E-state index is 9.59. The number of rotatable bonds is 4. The predicted octanol–water partition coefficient (Wildman–Crippen LogP) is 0.484. The van der Waals surface area contributed by atoms with Crippen LogP contribution >= 0.6 is 0 Å². The molecular weight excluding hydrogens is 180 g/mol. The fourth-order valence-electron chi connectivity index (χ4n) is 1.26. The second-order valence-corrected chi connectivity index (χ2v) is 4.16.